The maximum absolute atomic E-state index is 12.6. The third-order valence-electron chi connectivity index (χ3n) is 4.09. The molecule has 1 aromatic heterocycles. The van der Waals surface area contributed by atoms with Gasteiger partial charge in [0.15, 0.2) is 0 Å². The molecule has 0 unspecified atom stereocenters. The van der Waals surface area contributed by atoms with Gasteiger partial charge in [-0.3, -0.25) is 9.59 Å². The Hall–Kier alpha value is -3.13. The first-order chi connectivity index (χ1) is 13.7. The fourth-order valence-corrected chi connectivity index (χ4v) is 2.70. The average Bonchev–Trinajstić information content (AvgIpc) is 2.69. The van der Waals surface area contributed by atoms with Gasteiger partial charge in [0.2, 0.25) is 0 Å². The molecule has 29 heavy (non-hydrogen) atoms. The zero-order valence-corrected chi connectivity index (χ0v) is 15.7. The van der Waals surface area contributed by atoms with Crippen LogP contribution in [0, 0.1) is 0 Å². The zero-order valence-electron chi connectivity index (χ0n) is 14.9. The number of hydrogen-bond donors (Lipinski definition) is 1. The van der Waals surface area contributed by atoms with Crippen molar-refractivity contribution in [1.82, 2.24) is 15.1 Å². The number of halogens is 4. The van der Waals surface area contributed by atoms with Crippen molar-refractivity contribution in [2.75, 3.05) is 6.54 Å². The molecule has 0 saturated carbocycles. The van der Waals surface area contributed by atoms with E-state index in [1.54, 1.807) is 30.3 Å². The molecule has 3 aromatic rings. The SMILES string of the molecule is O=C(NCCn1nc(-c2ccc(Cl)cc2)ccc1=O)c1ccc(C(F)(F)F)cc1. The molecule has 0 aliphatic carbocycles. The third-order valence-corrected chi connectivity index (χ3v) is 4.34. The third kappa shape index (κ3) is 5.23. The lowest BCUT2D eigenvalue weighted by molar-refractivity contribution is -0.137. The van der Waals surface area contributed by atoms with Gasteiger partial charge in [-0.1, -0.05) is 23.7 Å². The van der Waals surface area contributed by atoms with Crippen molar-refractivity contribution in [2.24, 2.45) is 0 Å². The van der Waals surface area contributed by atoms with Crippen LogP contribution in [-0.4, -0.2) is 22.2 Å². The maximum atomic E-state index is 12.6. The van der Waals surface area contributed by atoms with E-state index in [2.05, 4.69) is 10.4 Å². The second kappa shape index (κ2) is 8.48. The van der Waals surface area contributed by atoms with E-state index in [-0.39, 0.29) is 24.2 Å². The number of amides is 1. The molecule has 0 bridgehead atoms. The highest BCUT2D eigenvalue weighted by atomic mass is 35.5. The summed E-state index contributed by atoms with van der Waals surface area (Å²) < 4.78 is 38.9. The first-order valence-corrected chi connectivity index (χ1v) is 8.91. The lowest BCUT2D eigenvalue weighted by Crippen LogP contribution is -2.32. The standard InChI is InChI=1S/C20H15ClF3N3O2/c21-16-7-3-13(4-8-16)17-9-10-18(28)27(26-17)12-11-25-19(29)14-1-5-15(6-2-14)20(22,23)24/h1-10H,11-12H2,(H,25,29). The molecule has 5 nitrogen and oxygen atoms in total. The van der Waals surface area contributed by atoms with Gasteiger partial charge in [0.25, 0.3) is 11.5 Å². The molecule has 1 heterocycles. The van der Waals surface area contributed by atoms with Crippen LogP contribution >= 0.6 is 11.6 Å². The van der Waals surface area contributed by atoms with E-state index >= 15 is 0 Å². The fraction of sp³-hybridized carbons (Fsp3) is 0.150. The quantitative estimate of drug-likeness (QED) is 0.677. The molecule has 2 aromatic carbocycles. The number of nitrogens with zero attached hydrogens (tertiary/aromatic N) is 2. The number of aromatic nitrogens is 2. The molecule has 1 N–H and O–H groups in total. The minimum atomic E-state index is -4.46. The monoisotopic (exact) mass is 421 g/mol. The van der Waals surface area contributed by atoms with Crippen molar-refractivity contribution in [1.29, 1.82) is 0 Å². The Labute approximate surface area is 168 Å². The molecule has 1 amide bonds. The van der Waals surface area contributed by atoms with Gasteiger partial charge >= 0.3 is 6.18 Å². The predicted octanol–water partition coefficient (Wildman–Crippen LogP) is 4.01. The van der Waals surface area contributed by atoms with E-state index in [1.165, 1.54) is 10.7 Å². The summed E-state index contributed by atoms with van der Waals surface area (Å²) in [6, 6.07) is 13.8. The van der Waals surface area contributed by atoms with Crippen LogP contribution in [-0.2, 0) is 12.7 Å². The van der Waals surface area contributed by atoms with Crippen molar-refractivity contribution in [3.63, 3.8) is 0 Å². The minimum Gasteiger partial charge on any atom is -0.350 e. The Morgan fingerprint density at radius 3 is 2.28 bits per heavy atom. The second-order valence-corrected chi connectivity index (χ2v) is 6.55. The van der Waals surface area contributed by atoms with Crippen LogP contribution in [0.2, 0.25) is 5.02 Å². The van der Waals surface area contributed by atoms with Crippen LogP contribution in [0.5, 0.6) is 0 Å². The Morgan fingerprint density at radius 2 is 1.66 bits per heavy atom. The van der Waals surface area contributed by atoms with Gasteiger partial charge < -0.3 is 5.32 Å². The van der Waals surface area contributed by atoms with Crippen molar-refractivity contribution < 1.29 is 18.0 Å². The highest BCUT2D eigenvalue weighted by molar-refractivity contribution is 6.30. The van der Waals surface area contributed by atoms with Gasteiger partial charge in [-0.25, -0.2) is 4.68 Å². The molecule has 0 atom stereocenters. The highest BCUT2D eigenvalue weighted by Gasteiger charge is 2.30. The molecule has 0 saturated heterocycles. The molecule has 9 heteroatoms. The summed E-state index contributed by atoms with van der Waals surface area (Å²) in [5.74, 6) is -0.541. The molecular formula is C20H15ClF3N3O2. The van der Waals surface area contributed by atoms with Gasteiger partial charge in [0.05, 0.1) is 17.8 Å². The summed E-state index contributed by atoms with van der Waals surface area (Å²) in [6.45, 7) is 0.184. The van der Waals surface area contributed by atoms with E-state index in [9.17, 15) is 22.8 Å². The summed E-state index contributed by atoms with van der Waals surface area (Å²) in [6.07, 6.45) is -4.46. The molecule has 0 aliphatic heterocycles. The zero-order chi connectivity index (χ0) is 21.0. The number of alkyl halides is 3. The normalized spacial score (nSPS) is 11.3. The predicted molar refractivity (Wildman–Crippen MR) is 103 cm³/mol. The summed E-state index contributed by atoms with van der Waals surface area (Å²) in [4.78, 5) is 24.1. The van der Waals surface area contributed by atoms with Gasteiger partial charge in [-0.05, 0) is 42.5 Å². The van der Waals surface area contributed by atoms with Gasteiger partial charge in [-0.2, -0.15) is 18.3 Å². The molecule has 150 valence electrons. The number of nitrogens with one attached hydrogen (secondary N) is 1. The van der Waals surface area contributed by atoms with Crippen molar-refractivity contribution in [2.45, 2.75) is 12.7 Å². The Bertz CT molecular complexity index is 1060. The summed E-state index contributed by atoms with van der Waals surface area (Å²) in [5, 5.41) is 7.40. The summed E-state index contributed by atoms with van der Waals surface area (Å²) in [5.41, 5.74) is 0.260. The number of benzene rings is 2. The van der Waals surface area contributed by atoms with Crippen molar-refractivity contribution in [3.05, 3.63) is 87.2 Å². The molecule has 0 radical (unpaired) electrons. The average molecular weight is 422 g/mol. The van der Waals surface area contributed by atoms with E-state index in [0.29, 0.717) is 10.7 Å². The smallest absolute Gasteiger partial charge is 0.350 e. The lowest BCUT2D eigenvalue weighted by atomic mass is 10.1. The topological polar surface area (TPSA) is 64.0 Å². The van der Waals surface area contributed by atoms with Gasteiger partial charge in [-0.15, -0.1) is 0 Å². The van der Waals surface area contributed by atoms with Crippen LogP contribution in [0.25, 0.3) is 11.3 Å². The number of carbonyl (C=O) groups is 1. The van der Waals surface area contributed by atoms with Crippen LogP contribution in [0.1, 0.15) is 15.9 Å². The fourth-order valence-electron chi connectivity index (χ4n) is 2.57. The van der Waals surface area contributed by atoms with Crippen LogP contribution in [0.4, 0.5) is 13.2 Å². The number of hydrogen-bond acceptors (Lipinski definition) is 3. The first-order valence-electron chi connectivity index (χ1n) is 8.53. The number of carbonyl (C=O) groups excluding carboxylic acids is 1. The Morgan fingerprint density at radius 1 is 1.00 bits per heavy atom. The number of rotatable bonds is 5. The van der Waals surface area contributed by atoms with E-state index < -0.39 is 17.6 Å². The maximum Gasteiger partial charge on any atom is 0.416 e. The summed E-state index contributed by atoms with van der Waals surface area (Å²) in [7, 11) is 0. The van der Waals surface area contributed by atoms with Crippen LogP contribution < -0.4 is 10.9 Å². The molecule has 0 spiro atoms. The molecule has 0 fully saturated rings. The summed E-state index contributed by atoms with van der Waals surface area (Å²) >= 11 is 5.86. The largest absolute Gasteiger partial charge is 0.416 e. The van der Waals surface area contributed by atoms with Crippen molar-refractivity contribution >= 4 is 17.5 Å². The van der Waals surface area contributed by atoms with Gasteiger partial charge in [0.1, 0.15) is 0 Å². The Kier molecular flexibility index (Phi) is 6.03. The lowest BCUT2D eigenvalue weighted by Gasteiger charge is -2.10. The second-order valence-electron chi connectivity index (χ2n) is 6.12. The van der Waals surface area contributed by atoms with E-state index in [0.717, 1.165) is 29.8 Å². The first kappa shape index (κ1) is 20.6. The van der Waals surface area contributed by atoms with E-state index in [4.69, 9.17) is 11.6 Å². The molecular weight excluding hydrogens is 407 g/mol. The van der Waals surface area contributed by atoms with Gasteiger partial charge in [0, 0.05) is 28.8 Å². The molecule has 3 rings (SSSR count). The highest BCUT2D eigenvalue weighted by Crippen LogP contribution is 2.29. The van der Waals surface area contributed by atoms with Crippen LogP contribution in [0.3, 0.4) is 0 Å². The van der Waals surface area contributed by atoms with Crippen LogP contribution in [0.15, 0.2) is 65.5 Å². The minimum absolute atomic E-state index is 0.0802. The van der Waals surface area contributed by atoms with Crippen molar-refractivity contribution in [3.8, 4) is 11.3 Å². The Balaban J connectivity index is 1.64. The van der Waals surface area contributed by atoms with E-state index in [1.807, 2.05) is 0 Å². The molecule has 0 aliphatic rings.